The molecule has 0 bridgehead atoms. The van der Waals surface area contributed by atoms with Crippen LogP contribution in [0.5, 0.6) is 5.75 Å². The molecule has 0 radical (unpaired) electrons. The highest BCUT2D eigenvalue weighted by Crippen LogP contribution is 2.37. The predicted octanol–water partition coefficient (Wildman–Crippen LogP) is 5.42. The normalized spacial score (nSPS) is 15.0. The summed E-state index contributed by atoms with van der Waals surface area (Å²) in [6, 6.07) is 15.6. The summed E-state index contributed by atoms with van der Waals surface area (Å²) in [5.74, 6) is 0.537. The standard InChI is InChI=1S/C23H19N3O4S2/c1-14-12-16(15(2)24(14)17-8-10-20(30-3)11-9-17)13-21-22(27)25(23(31)32-21)18-4-6-19(7-5-18)26(28)29/h4-13H,1-3H3/b21-13+. The molecule has 1 aliphatic rings. The second-order valence-corrected chi connectivity index (χ2v) is 8.83. The minimum absolute atomic E-state index is 0.0410. The number of non-ortho nitro benzene ring substituents is 1. The van der Waals surface area contributed by atoms with Gasteiger partial charge in [0.05, 0.1) is 22.6 Å². The second kappa shape index (κ2) is 8.60. The van der Waals surface area contributed by atoms with Crippen LogP contribution >= 0.6 is 24.0 Å². The Hall–Kier alpha value is -3.43. The molecule has 7 nitrogen and oxygen atoms in total. The number of hydrogen-bond acceptors (Lipinski definition) is 6. The smallest absolute Gasteiger partial charge is 0.270 e. The van der Waals surface area contributed by atoms with Crippen molar-refractivity contribution in [3.05, 3.63) is 86.6 Å². The Bertz CT molecular complexity index is 1260. The first-order valence-electron chi connectivity index (χ1n) is 9.66. The molecule has 9 heteroatoms. The number of rotatable bonds is 5. The van der Waals surface area contributed by atoms with Gasteiger partial charge in [-0.15, -0.1) is 0 Å². The number of aryl methyl sites for hydroxylation is 1. The van der Waals surface area contributed by atoms with Gasteiger partial charge in [-0.3, -0.25) is 19.8 Å². The van der Waals surface area contributed by atoms with E-state index < -0.39 is 4.92 Å². The zero-order valence-electron chi connectivity index (χ0n) is 17.6. The van der Waals surface area contributed by atoms with Crippen molar-refractivity contribution in [2.75, 3.05) is 12.0 Å². The lowest BCUT2D eigenvalue weighted by Gasteiger charge is -2.14. The van der Waals surface area contributed by atoms with Crippen LogP contribution in [0.4, 0.5) is 11.4 Å². The molecule has 0 atom stereocenters. The molecule has 0 N–H and O–H groups in total. The number of aromatic nitrogens is 1. The van der Waals surface area contributed by atoms with Crippen molar-refractivity contribution in [1.29, 1.82) is 0 Å². The number of methoxy groups -OCH3 is 1. The minimum Gasteiger partial charge on any atom is -0.497 e. The van der Waals surface area contributed by atoms with Crippen LogP contribution in [0.15, 0.2) is 59.5 Å². The largest absolute Gasteiger partial charge is 0.497 e. The fourth-order valence-electron chi connectivity index (χ4n) is 3.62. The van der Waals surface area contributed by atoms with Crippen molar-refractivity contribution in [3.63, 3.8) is 0 Å². The van der Waals surface area contributed by atoms with Crippen LogP contribution in [0.3, 0.4) is 0 Å². The summed E-state index contributed by atoms with van der Waals surface area (Å²) < 4.78 is 7.74. The molecule has 3 aromatic rings. The third kappa shape index (κ3) is 3.92. The van der Waals surface area contributed by atoms with Crippen LogP contribution in [0.2, 0.25) is 0 Å². The average Bonchev–Trinajstić information content (AvgIpc) is 3.22. The molecular formula is C23H19N3O4S2. The van der Waals surface area contributed by atoms with Crippen LogP contribution in [0.25, 0.3) is 11.8 Å². The van der Waals surface area contributed by atoms with Crippen LogP contribution in [-0.2, 0) is 4.79 Å². The molecule has 1 aromatic heterocycles. The lowest BCUT2D eigenvalue weighted by molar-refractivity contribution is -0.384. The summed E-state index contributed by atoms with van der Waals surface area (Å²) in [5.41, 5.74) is 4.41. The third-order valence-electron chi connectivity index (χ3n) is 5.20. The zero-order valence-corrected chi connectivity index (χ0v) is 19.2. The van der Waals surface area contributed by atoms with Crippen molar-refractivity contribution < 1.29 is 14.5 Å². The molecule has 0 spiro atoms. The number of anilines is 1. The number of nitro groups is 1. The lowest BCUT2D eigenvalue weighted by atomic mass is 10.2. The summed E-state index contributed by atoms with van der Waals surface area (Å²) in [6.45, 7) is 4.01. The Morgan fingerprint density at radius 3 is 2.28 bits per heavy atom. The van der Waals surface area contributed by atoms with Gasteiger partial charge in [-0.25, -0.2) is 0 Å². The topological polar surface area (TPSA) is 77.6 Å². The zero-order chi connectivity index (χ0) is 23.0. The highest BCUT2D eigenvalue weighted by Gasteiger charge is 2.33. The number of amides is 1. The number of benzene rings is 2. The van der Waals surface area contributed by atoms with Crippen molar-refractivity contribution in [2.45, 2.75) is 13.8 Å². The van der Waals surface area contributed by atoms with Crippen molar-refractivity contribution in [1.82, 2.24) is 4.57 Å². The van der Waals surface area contributed by atoms with E-state index in [-0.39, 0.29) is 11.6 Å². The molecule has 2 aromatic carbocycles. The lowest BCUT2D eigenvalue weighted by Crippen LogP contribution is -2.27. The van der Waals surface area contributed by atoms with E-state index in [0.717, 1.165) is 28.4 Å². The van der Waals surface area contributed by atoms with E-state index in [4.69, 9.17) is 17.0 Å². The minimum atomic E-state index is -0.480. The first-order chi connectivity index (χ1) is 15.3. The van der Waals surface area contributed by atoms with Gasteiger partial charge in [0.2, 0.25) is 0 Å². The maximum absolute atomic E-state index is 13.1. The Morgan fingerprint density at radius 1 is 1.06 bits per heavy atom. The van der Waals surface area contributed by atoms with Crippen LogP contribution < -0.4 is 9.64 Å². The van der Waals surface area contributed by atoms with Gasteiger partial charge in [0.1, 0.15) is 5.75 Å². The Labute approximate surface area is 194 Å². The SMILES string of the molecule is COc1ccc(-n2c(C)cc(/C=C3/SC(=S)N(c4ccc([N+](=O)[O-])cc4)C3=O)c2C)cc1. The number of hydrogen-bond donors (Lipinski definition) is 0. The molecule has 4 rings (SSSR count). The van der Waals surface area contributed by atoms with E-state index in [0.29, 0.717) is 14.9 Å². The monoisotopic (exact) mass is 465 g/mol. The molecule has 2 heterocycles. The fourth-order valence-corrected chi connectivity index (χ4v) is 4.91. The second-order valence-electron chi connectivity index (χ2n) is 7.15. The number of nitrogens with zero attached hydrogens (tertiary/aromatic N) is 3. The Balaban J connectivity index is 1.65. The highest BCUT2D eigenvalue weighted by molar-refractivity contribution is 8.27. The molecule has 1 aliphatic heterocycles. The van der Waals surface area contributed by atoms with Crippen molar-refractivity contribution in [3.8, 4) is 11.4 Å². The molecule has 162 valence electrons. The fraction of sp³-hybridized carbons (Fsp3) is 0.130. The highest BCUT2D eigenvalue weighted by atomic mass is 32.2. The maximum atomic E-state index is 13.1. The van der Waals surface area contributed by atoms with E-state index in [1.807, 2.05) is 50.3 Å². The van der Waals surface area contributed by atoms with Gasteiger partial charge < -0.3 is 9.30 Å². The van der Waals surface area contributed by atoms with Gasteiger partial charge in [-0.1, -0.05) is 24.0 Å². The molecule has 32 heavy (non-hydrogen) atoms. The number of nitro benzene ring substituents is 1. The average molecular weight is 466 g/mol. The molecule has 1 amide bonds. The Kier molecular flexibility index (Phi) is 5.86. The predicted molar refractivity (Wildman–Crippen MR) is 131 cm³/mol. The van der Waals surface area contributed by atoms with E-state index in [2.05, 4.69) is 4.57 Å². The van der Waals surface area contributed by atoms with E-state index >= 15 is 0 Å². The van der Waals surface area contributed by atoms with Gasteiger partial charge in [0.25, 0.3) is 11.6 Å². The summed E-state index contributed by atoms with van der Waals surface area (Å²) in [4.78, 5) is 25.4. The maximum Gasteiger partial charge on any atom is 0.270 e. The summed E-state index contributed by atoms with van der Waals surface area (Å²) >= 11 is 6.63. The Morgan fingerprint density at radius 2 is 1.69 bits per heavy atom. The van der Waals surface area contributed by atoms with Gasteiger partial charge >= 0.3 is 0 Å². The molecule has 0 saturated carbocycles. The number of thiocarbonyl (C=S) groups is 1. The van der Waals surface area contributed by atoms with Gasteiger partial charge in [0, 0.05) is 29.2 Å². The third-order valence-corrected chi connectivity index (χ3v) is 6.50. The molecule has 1 fully saturated rings. The van der Waals surface area contributed by atoms with E-state index in [9.17, 15) is 14.9 Å². The summed E-state index contributed by atoms with van der Waals surface area (Å²) in [6.07, 6.45) is 1.84. The summed E-state index contributed by atoms with van der Waals surface area (Å²) in [7, 11) is 1.63. The molecular weight excluding hydrogens is 446 g/mol. The molecule has 1 saturated heterocycles. The van der Waals surface area contributed by atoms with Gasteiger partial charge in [-0.05, 0) is 68.0 Å². The van der Waals surface area contributed by atoms with Gasteiger partial charge in [0.15, 0.2) is 4.32 Å². The quantitative estimate of drug-likeness (QED) is 0.217. The van der Waals surface area contributed by atoms with Gasteiger partial charge in [-0.2, -0.15) is 0 Å². The number of thioether (sulfide) groups is 1. The van der Waals surface area contributed by atoms with Crippen LogP contribution in [0.1, 0.15) is 17.0 Å². The molecule has 0 unspecified atom stereocenters. The van der Waals surface area contributed by atoms with E-state index in [1.165, 1.54) is 40.9 Å². The van der Waals surface area contributed by atoms with E-state index in [1.54, 1.807) is 7.11 Å². The number of carbonyl (C=O) groups is 1. The first kappa shape index (κ1) is 21.8. The van der Waals surface area contributed by atoms with Crippen LogP contribution in [0, 0.1) is 24.0 Å². The van der Waals surface area contributed by atoms with Crippen molar-refractivity contribution in [2.24, 2.45) is 0 Å². The number of ether oxygens (including phenoxy) is 1. The van der Waals surface area contributed by atoms with Crippen molar-refractivity contribution >= 4 is 51.7 Å². The first-order valence-corrected chi connectivity index (χ1v) is 10.9. The molecule has 0 aliphatic carbocycles. The summed E-state index contributed by atoms with van der Waals surface area (Å²) in [5, 5.41) is 10.9. The van der Waals surface area contributed by atoms with Crippen LogP contribution in [-0.4, -0.2) is 26.8 Å². The number of carbonyl (C=O) groups excluding carboxylic acids is 1.